The summed E-state index contributed by atoms with van der Waals surface area (Å²) >= 11 is -1.72. The minimum Gasteiger partial charge on any atom is -0.324 e. The maximum atomic E-state index is 12.0. The molecule has 0 aliphatic carbocycles. The van der Waals surface area contributed by atoms with E-state index in [9.17, 15) is 9.00 Å². The van der Waals surface area contributed by atoms with Crippen molar-refractivity contribution in [3.63, 3.8) is 0 Å². The van der Waals surface area contributed by atoms with E-state index in [1.165, 1.54) is 0 Å². The van der Waals surface area contributed by atoms with Crippen LogP contribution in [-0.2, 0) is 15.4 Å². The van der Waals surface area contributed by atoms with Gasteiger partial charge in [-0.25, -0.2) is 14.4 Å². The predicted octanol–water partition coefficient (Wildman–Crippen LogP) is 2.35. The molecule has 0 aliphatic heterocycles. The molecule has 0 aliphatic rings. The molecule has 0 heterocycles. The van der Waals surface area contributed by atoms with Gasteiger partial charge in [0.2, 0.25) is 11.1 Å². The van der Waals surface area contributed by atoms with E-state index in [1.54, 1.807) is 17.0 Å². The van der Waals surface area contributed by atoms with Crippen molar-refractivity contribution in [1.29, 1.82) is 0 Å². The van der Waals surface area contributed by atoms with Crippen LogP contribution in [0.4, 0.5) is 4.79 Å². The zero-order valence-corrected chi connectivity index (χ0v) is 13.4. The van der Waals surface area contributed by atoms with Gasteiger partial charge >= 0.3 is 6.03 Å². The van der Waals surface area contributed by atoms with Crippen LogP contribution in [0.5, 0.6) is 0 Å². The molecule has 118 valence electrons. The molecule has 7 heteroatoms. The first-order valence-electron chi connectivity index (χ1n) is 7.03. The number of benzene rings is 2. The fourth-order valence-electron chi connectivity index (χ4n) is 2.01. The van der Waals surface area contributed by atoms with E-state index in [1.807, 2.05) is 44.2 Å². The zero-order valence-electron chi connectivity index (χ0n) is 12.5. The summed E-state index contributed by atoms with van der Waals surface area (Å²) in [5.41, 5.74) is 4.58. The topological polar surface area (TPSA) is 70.7 Å². The van der Waals surface area contributed by atoms with Crippen LogP contribution >= 0.6 is 0 Å². The normalized spacial score (nSPS) is 12.1. The highest BCUT2D eigenvalue weighted by molar-refractivity contribution is 7.80. The monoisotopic (exact) mass is 321 g/mol. The van der Waals surface area contributed by atoms with Crippen molar-refractivity contribution < 1.29 is 13.3 Å². The Labute approximate surface area is 132 Å². The molecular formula is C15H19N3O3S. The van der Waals surface area contributed by atoms with Gasteiger partial charge in [0.15, 0.2) is 0 Å². The summed E-state index contributed by atoms with van der Waals surface area (Å²) in [4.78, 5) is 13.8. The molecular weight excluding hydrogens is 302 g/mol. The third-order valence-electron chi connectivity index (χ3n) is 3.24. The first-order chi connectivity index (χ1) is 10.7. The fraction of sp³-hybridized carbons (Fsp3) is 0.267. The largest absolute Gasteiger partial charge is 0.333 e. The van der Waals surface area contributed by atoms with Crippen LogP contribution in [0.2, 0.25) is 0 Å². The van der Waals surface area contributed by atoms with Crippen molar-refractivity contribution in [3.8, 4) is 0 Å². The van der Waals surface area contributed by atoms with Crippen LogP contribution in [0.25, 0.3) is 10.8 Å². The van der Waals surface area contributed by atoms with Gasteiger partial charge in [-0.15, -0.1) is 0 Å². The first kappa shape index (κ1) is 16.4. The van der Waals surface area contributed by atoms with Gasteiger partial charge in [-0.1, -0.05) is 35.9 Å². The second-order valence-electron chi connectivity index (χ2n) is 4.53. The van der Waals surface area contributed by atoms with Crippen molar-refractivity contribution in [2.24, 2.45) is 0 Å². The van der Waals surface area contributed by atoms with Crippen LogP contribution in [0.15, 0.2) is 47.4 Å². The third kappa shape index (κ3) is 4.03. The molecule has 0 aromatic heterocycles. The number of fused-ring (bicyclic) bond motifs is 1. The average Bonchev–Trinajstić information content (AvgIpc) is 2.55. The Morgan fingerprint density at radius 1 is 1.14 bits per heavy atom. The second kappa shape index (κ2) is 7.88. The number of hydrazine groups is 1. The molecule has 6 nitrogen and oxygen atoms in total. The molecule has 0 bridgehead atoms. The minimum absolute atomic E-state index is 0.333. The van der Waals surface area contributed by atoms with E-state index in [0.29, 0.717) is 18.0 Å². The first-order valence-corrected chi connectivity index (χ1v) is 8.11. The molecule has 2 N–H and O–H groups in total. The highest BCUT2D eigenvalue weighted by Gasteiger charge is 2.10. The smallest absolute Gasteiger partial charge is 0.324 e. The van der Waals surface area contributed by atoms with E-state index in [2.05, 4.69) is 11.0 Å². The molecule has 2 rings (SSSR count). The highest BCUT2D eigenvalue weighted by Crippen LogP contribution is 2.17. The van der Waals surface area contributed by atoms with Crippen molar-refractivity contribution in [3.05, 3.63) is 42.5 Å². The maximum Gasteiger partial charge on any atom is 0.333 e. The number of carbonyl (C=O) groups is 1. The van der Waals surface area contributed by atoms with Crippen LogP contribution in [-0.4, -0.2) is 28.2 Å². The Morgan fingerprint density at radius 2 is 1.82 bits per heavy atom. The Hall–Kier alpha value is -1.96. The number of amides is 2. The molecule has 2 amide bonds. The van der Waals surface area contributed by atoms with Gasteiger partial charge in [-0.2, -0.15) is 4.28 Å². The zero-order chi connectivity index (χ0) is 15.9. The Bertz CT molecular complexity index is 674. The van der Waals surface area contributed by atoms with Gasteiger partial charge in [0.05, 0.1) is 4.90 Å². The highest BCUT2D eigenvalue weighted by atomic mass is 32.2. The van der Waals surface area contributed by atoms with E-state index in [4.69, 9.17) is 4.28 Å². The number of hydrogen-bond acceptors (Lipinski definition) is 4. The van der Waals surface area contributed by atoms with Crippen LogP contribution in [0.3, 0.4) is 0 Å². The number of hydrogen-bond donors (Lipinski definition) is 2. The Balaban J connectivity index is 1.92. The number of nitrogens with zero attached hydrogens (tertiary/aromatic N) is 1. The fourth-order valence-corrected chi connectivity index (χ4v) is 2.63. The lowest BCUT2D eigenvalue weighted by atomic mass is 10.1. The summed E-state index contributed by atoms with van der Waals surface area (Å²) in [5.74, 6) is 0. The van der Waals surface area contributed by atoms with Gasteiger partial charge in [0, 0.05) is 13.1 Å². The van der Waals surface area contributed by atoms with E-state index >= 15 is 0 Å². The van der Waals surface area contributed by atoms with E-state index in [0.717, 1.165) is 10.8 Å². The summed E-state index contributed by atoms with van der Waals surface area (Å²) in [7, 11) is 0. The lowest BCUT2D eigenvalue weighted by molar-refractivity contribution is 0.147. The molecule has 2 aromatic carbocycles. The molecule has 0 fully saturated rings. The summed E-state index contributed by atoms with van der Waals surface area (Å²) in [6.45, 7) is 4.91. The van der Waals surface area contributed by atoms with Gasteiger partial charge in [-0.3, -0.25) is 0 Å². The summed E-state index contributed by atoms with van der Waals surface area (Å²) in [5, 5.41) is 2.04. The molecule has 0 spiro atoms. The van der Waals surface area contributed by atoms with Gasteiger partial charge in [0.1, 0.15) is 0 Å². The van der Waals surface area contributed by atoms with Crippen molar-refractivity contribution in [1.82, 2.24) is 15.9 Å². The molecule has 2 aromatic rings. The molecule has 0 radical (unpaired) electrons. The maximum absolute atomic E-state index is 12.0. The van der Waals surface area contributed by atoms with Crippen LogP contribution in [0.1, 0.15) is 13.8 Å². The SMILES string of the molecule is CCN(CC)C(=O)NNOS(=O)c1ccc2ccccc2c1. The van der Waals surface area contributed by atoms with Gasteiger partial charge in [-0.05, 0) is 36.8 Å². The predicted molar refractivity (Wildman–Crippen MR) is 86.0 cm³/mol. The van der Waals surface area contributed by atoms with Crippen molar-refractivity contribution in [2.75, 3.05) is 13.1 Å². The summed E-state index contributed by atoms with van der Waals surface area (Å²) < 4.78 is 17.0. The molecule has 1 unspecified atom stereocenters. The Morgan fingerprint density at radius 3 is 2.50 bits per heavy atom. The molecule has 0 saturated heterocycles. The third-order valence-corrected chi connectivity index (χ3v) is 4.11. The van der Waals surface area contributed by atoms with Gasteiger partial charge in [0.25, 0.3) is 0 Å². The average molecular weight is 321 g/mol. The van der Waals surface area contributed by atoms with Crippen LogP contribution in [0, 0.1) is 0 Å². The Kier molecular flexibility index (Phi) is 5.88. The quantitative estimate of drug-likeness (QED) is 0.801. The summed E-state index contributed by atoms with van der Waals surface area (Å²) in [6.07, 6.45) is 0. The summed E-state index contributed by atoms with van der Waals surface area (Å²) in [6, 6.07) is 12.8. The van der Waals surface area contributed by atoms with E-state index in [-0.39, 0.29) is 6.03 Å². The van der Waals surface area contributed by atoms with E-state index < -0.39 is 11.1 Å². The second-order valence-corrected chi connectivity index (χ2v) is 5.64. The lowest BCUT2D eigenvalue weighted by Crippen LogP contribution is -2.46. The van der Waals surface area contributed by atoms with Crippen molar-refractivity contribution in [2.45, 2.75) is 18.7 Å². The number of nitrogens with one attached hydrogen (secondary N) is 2. The molecule has 22 heavy (non-hydrogen) atoms. The number of urea groups is 1. The number of carbonyl (C=O) groups excluding carboxylic acids is 1. The van der Waals surface area contributed by atoms with Gasteiger partial charge < -0.3 is 4.90 Å². The lowest BCUT2D eigenvalue weighted by Gasteiger charge is -2.18. The standard InChI is InChI=1S/C15H19N3O3S/c1-3-18(4-2)15(19)16-17-21-22(20)14-10-9-12-7-5-6-8-13(12)11-14/h5-11,17H,3-4H2,1-2H3,(H,16,19). The number of rotatable bonds is 6. The minimum atomic E-state index is -1.72. The molecule has 1 atom stereocenters. The van der Waals surface area contributed by atoms with Crippen molar-refractivity contribution >= 4 is 27.9 Å². The van der Waals surface area contributed by atoms with Crippen LogP contribution < -0.4 is 11.0 Å². The molecule has 0 saturated carbocycles.